The number of hydrogen-bond acceptors (Lipinski definition) is 2. The Labute approximate surface area is 132 Å². The quantitative estimate of drug-likeness (QED) is 0.806. The molecule has 0 spiro atoms. The lowest BCUT2D eigenvalue weighted by Crippen LogP contribution is -2.16. The van der Waals surface area contributed by atoms with Gasteiger partial charge in [0.1, 0.15) is 5.75 Å². The normalized spacial score (nSPS) is 19.0. The van der Waals surface area contributed by atoms with E-state index < -0.39 is 6.10 Å². The van der Waals surface area contributed by atoms with Crippen molar-refractivity contribution in [1.82, 2.24) is 0 Å². The van der Waals surface area contributed by atoms with Crippen LogP contribution in [-0.4, -0.2) is 11.7 Å². The Hall–Kier alpha value is -1.07. The zero-order chi connectivity index (χ0) is 13.9. The van der Waals surface area contributed by atoms with E-state index in [9.17, 15) is 5.11 Å². The van der Waals surface area contributed by atoms with E-state index in [0.717, 1.165) is 34.3 Å². The van der Waals surface area contributed by atoms with Crippen molar-refractivity contribution >= 4 is 22.6 Å². The fourth-order valence-corrected chi connectivity index (χ4v) is 3.55. The molecule has 0 fully saturated rings. The number of halogens is 1. The van der Waals surface area contributed by atoms with Crippen molar-refractivity contribution < 1.29 is 9.84 Å². The van der Waals surface area contributed by atoms with Crippen LogP contribution in [0.2, 0.25) is 0 Å². The van der Waals surface area contributed by atoms with Gasteiger partial charge in [-0.3, -0.25) is 0 Å². The molecule has 2 atom stereocenters. The lowest BCUT2D eigenvalue weighted by atomic mass is 9.86. The molecule has 1 N–H and O–H groups in total. The van der Waals surface area contributed by atoms with Crippen LogP contribution in [-0.2, 0) is 0 Å². The van der Waals surface area contributed by atoms with Gasteiger partial charge < -0.3 is 9.84 Å². The highest BCUT2D eigenvalue weighted by Crippen LogP contribution is 2.39. The van der Waals surface area contributed by atoms with Gasteiger partial charge in [0, 0.05) is 3.57 Å². The summed E-state index contributed by atoms with van der Waals surface area (Å²) in [4.78, 5) is 0. The second-order valence-electron chi connectivity index (χ2n) is 5.14. The Kier molecular flexibility index (Phi) is 4.27. The number of para-hydroxylation sites is 1. The molecule has 2 aromatic rings. The van der Waals surface area contributed by atoms with Gasteiger partial charge in [-0.05, 0) is 64.6 Å². The van der Waals surface area contributed by atoms with E-state index in [1.54, 1.807) is 0 Å². The van der Waals surface area contributed by atoms with Gasteiger partial charge >= 0.3 is 0 Å². The Morgan fingerprint density at radius 1 is 1.15 bits per heavy atom. The van der Waals surface area contributed by atoms with Gasteiger partial charge in [-0.2, -0.15) is 0 Å². The molecule has 3 rings (SSSR count). The molecule has 0 bridgehead atoms. The summed E-state index contributed by atoms with van der Waals surface area (Å²) in [6.07, 6.45) is 1.30. The zero-order valence-corrected chi connectivity index (χ0v) is 13.3. The highest BCUT2D eigenvalue weighted by Gasteiger charge is 2.24. The van der Waals surface area contributed by atoms with Crippen molar-refractivity contribution in [3.63, 3.8) is 0 Å². The van der Waals surface area contributed by atoms with E-state index in [2.05, 4.69) is 28.7 Å². The summed E-state index contributed by atoms with van der Waals surface area (Å²) in [5.74, 6) is 1.34. The van der Waals surface area contributed by atoms with Crippen molar-refractivity contribution in [3.8, 4) is 5.75 Å². The van der Waals surface area contributed by atoms with Crippen LogP contribution in [0.1, 0.15) is 36.0 Å². The highest BCUT2D eigenvalue weighted by molar-refractivity contribution is 14.1. The first-order chi connectivity index (χ1) is 9.75. The maximum absolute atomic E-state index is 10.5. The molecule has 1 heterocycles. The van der Waals surface area contributed by atoms with Crippen molar-refractivity contribution in [3.05, 3.63) is 63.2 Å². The molecule has 1 aliphatic rings. The summed E-state index contributed by atoms with van der Waals surface area (Å²) >= 11 is 2.29. The fourth-order valence-electron chi connectivity index (χ4n) is 2.80. The fraction of sp³-hybridized carbons (Fsp3) is 0.294. The second-order valence-corrected chi connectivity index (χ2v) is 6.31. The van der Waals surface area contributed by atoms with Crippen LogP contribution in [0.4, 0.5) is 0 Å². The number of ether oxygens (including phenoxy) is 1. The van der Waals surface area contributed by atoms with Gasteiger partial charge in [-0.25, -0.2) is 0 Å². The van der Waals surface area contributed by atoms with E-state index in [1.165, 1.54) is 5.56 Å². The van der Waals surface area contributed by atoms with Crippen molar-refractivity contribution in [2.45, 2.75) is 24.9 Å². The third kappa shape index (κ3) is 2.83. The molecule has 0 saturated heterocycles. The van der Waals surface area contributed by atoms with Crippen LogP contribution >= 0.6 is 22.6 Å². The van der Waals surface area contributed by atoms with Gasteiger partial charge in [0.05, 0.1) is 12.7 Å². The van der Waals surface area contributed by atoms with Crippen LogP contribution < -0.4 is 4.74 Å². The van der Waals surface area contributed by atoms with Gasteiger partial charge in [0.25, 0.3) is 0 Å². The maximum atomic E-state index is 10.5. The topological polar surface area (TPSA) is 29.5 Å². The Bertz CT molecular complexity index is 597. The summed E-state index contributed by atoms with van der Waals surface area (Å²) in [5, 5.41) is 10.5. The number of aliphatic hydroxyl groups is 1. The molecule has 1 aliphatic heterocycles. The minimum Gasteiger partial charge on any atom is -0.493 e. The van der Waals surface area contributed by atoms with E-state index in [4.69, 9.17) is 4.74 Å². The molecule has 0 radical (unpaired) electrons. The first kappa shape index (κ1) is 13.9. The lowest BCUT2D eigenvalue weighted by Gasteiger charge is -2.27. The predicted molar refractivity (Wildman–Crippen MR) is 88.0 cm³/mol. The maximum Gasteiger partial charge on any atom is 0.122 e. The molecule has 20 heavy (non-hydrogen) atoms. The monoisotopic (exact) mass is 380 g/mol. The lowest BCUT2D eigenvalue weighted by molar-refractivity contribution is 0.144. The Balaban J connectivity index is 1.81. The predicted octanol–water partition coefficient (Wildman–Crippen LogP) is 4.28. The minimum atomic E-state index is -0.417. The third-order valence-electron chi connectivity index (χ3n) is 3.85. The van der Waals surface area contributed by atoms with Crippen LogP contribution in [0.15, 0.2) is 48.5 Å². The summed E-state index contributed by atoms with van der Waals surface area (Å²) in [6, 6.07) is 16.2. The summed E-state index contributed by atoms with van der Waals surface area (Å²) in [5.41, 5.74) is 2.25. The third-order valence-corrected chi connectivity index (χ3v) is 4.84. The number of rotatable bonds is 3. The molecule has 3 heteroatoms. The molecule has 2 aromatic carbocycles. The average Bonchev–Trinajstić information content (AvgIpc) is 2.48. The molecular weight excluding hydrogens is 363 g/mol. The first-order valence-electron chi connectivity index (χ1n) is 6.90. The van der Waals surface area contributed by atoms with Gasteiger partial charge in [-0.1, -0.05) is 36.4 Å². The second kappa shape index (κ2) is 6.14. The molecule has 0 saturated carbocycles. The number of aliphatic hydroxyl groups excluding tert-OH is 1. The Morgan fingerprint density at radius 3 is 2.75 bits per heavy atom. The molecule has 2 nitrogen and oxygen atoms in total. The van der Waals surface area contributed by atoms with E-state index in [0.29, 0.717) is 5.92 Å². The number of benzene rings is 2. The van der Waals surface area contributed by atoms with Crippen molar-refractivity contribution in [2.75, 3.05) is 6.61 Å². The van der Waals surface area contributed by atoms with Crippen molar-refractivity contribution in [2.24, 2.45) is 0 Å². The highest BCUT2D eigenvalue weighted by atomic mass is 127. The number of hydrogen-bond donors (Lipinski definition) is 1. The SMILES string of the molecule is OC(CC1CCOc2ccccc21)c1ccccc1I. The molecule has 0 aromatic heterocycles. The molecular formula is C17H17IO2. The van der Waals surface area contributed by atoms with Gasteiger partial charge in [-0.15, -0.1) is 0 Å². The molecule has 0 aliphatic carbocycles. The van der Waals surface area contributed by atoms with Gasteiger partial charge in [0.15, 0.2) is 0 Å². The zero-order valence-electron chi connectivity index (χ0n) is 11.1. The van der Waals surface area contributed by atoms with E-state index in [-0.39, 0.29) is 0 Å². The molecule has 104 valence electrons. The van der Waals surface area contributed by atoms with Crippen LogP contribution in [0.25, 0.3) is 0 Å². The average molecular weight is 380 g/mol. The number of fused-ring (bicyclic) bond motifs is 1. The van der Waals surface area contributed by atoms with Crippen LogP contribution in [0.5, 0.6) is 5.75 Å². The molecule has 2 unspecified atom stereocenters. The smallest absolute Gasteiger partial charge is 0.122 e. The van der Waals surface area contributed by atoms with E-state index >= 15 is 0 Å². The van der Waals surface area contributed by atoms with Gasteiger partial charge in [0.2, 0.25) is 0 Å². The van der Waals surface area contributed by atoms with Crippen LogP contribution in [0.3, 0.4) is 0 Å². The summed E-state index contributed by atoms with van der Waals surface area (Å²) in [7, 11) is 0. The van der Waals surface area contributed by atoms with Crippen LogP contribution in [0, 0.1) is 3.57 Å². The summed E-state index contributed by atoms with van der Waals surface area (Å²) < 4.78 is 6.80. The summed E-state index contributed by atoms with van der Waals surface area (Å²) in [6.45, 7) is 0.736. The largest absolute Gasteiger partial charge is 0.493 e. The first-order valence-corrected chi connectivity index (χ1v) is 7.98. The molecule has 0 amide bonds. The standard InChI is InChI=1S/C17H17IO2/c18-15-7-3-1-6-14(15)16(19)11-12-9-10-20-17-8-4-2-5-13(12)17/h1-8,12,16,19H,9-11H2. The Morgan fingerprint density at radius 2 is 1.90 bits per heavy atom. The minimum absolute atomic E-state index is 0.367. The van der Waals surface area contributed by atoms with Crippen molar-refractivity contribution in [1.29, 1.82) is 0 Å². The van der Waals surface area contributed by atoms with E-state index in [1.807, 2.05) is 42.5 Å².